The normalized spacial score (nSPS) is 10.3. The van der Waals surface area contributed by atoms with Gasteiger partial charge in [0.15, 0.2) is 0 Å². The van der Waals surface area contributed by atoms with Crippen molar-refractivity contribution >= 4 is 12.2 Å². The van der Waals surface area contributed by atoms with Gasteiger partial charge in [-0.15, -0.1) is 0 Å². The van der Waals surface area contributed by atoms with E-state index in [4.69, 9.17) is 19.7 Å². The SMILES string of the molecule is CCOC(=O)N(CCO)CCCCCCN(CCO)C(=O)OCC. The molecule has 0 fully saturated rings. The van der Waals surface area contributed by atoms with Crippen molar-refractivity contribution in [1.82, 2.24) is 9.80 Å². The Bertz CT molecular complexity index is 309. The first-order chi connectivity index (χ1) is 11.6. The summed E-state index contributed by atoms with van der Waals surface area (Å²) in [6, 6.07) is 0. The summed E-state index contributed by atoms with van der Waals surface area (Å²) in [5.41, 5.74) is 0. The molecular weight excluding hydrogens is 316 g/mol. The molecule has 0 spiro atoms. The van der Waals surface area contributed by atoms with E-state index in [9.17, 15) is 9.59 Å². The van der Waals surface area contributed by atoms with E-state index in [0.29, 0.717) is 26.3 Å². The molecule has 8 heteroatoms. The molecule has 0 aliphatic carbocycles. The fourth-order valence-electron chi connectivity index (χ4n) is 2.22. The Morgan fingerprint density at radius 3 is 1.38 bits per heavy atom. The lowest BCUT2D eigenvalue weighted by atomic mass is 10.2. The third kappa shape index (κ3) is 10.3. The van der Waals surface area contributed by atoms with Gasteiger partial charge in [-0.2, -0.15) is 0 Å². The van der Waals surface area contributed by atoms with E-state index >= 15 is 0 Å². The standard InChI is InChI=1S/C16H32N2O6/c1-3-23-15(21)17(11-13-19)9-7-5-6-8-10-18(12-14-20)16(22)24-4-2/h19-20H,3-14H2,1-2H3. The van der Waals surface area contributed by atoms with Crippen LogP contribution in [0.25, 0.3) is 0 Å². The summed E-state index contributed by atoms with van der Waals surface area (Å²) >= 11 is 0. The van der Waals surface area contributed by atoms with Crippen LogP contribution < -0.4 is 0 Å². The Hall–Kier alpha value is -1.54. The maximum atomic E-state index is 11.7. The number of carbonyl (C=O) groups excluding carboxylic acids is 2. The molecule has 0 aromatic carbocycles. The van der Waals surface area contributed by atoms with E-state index < -0.39 is 12.2 Å². The molecule has 0 bridgehead atoms. The van der Waals surface area contributed by atoms with Gasteiger partial charge in [0.2, 0.25) is 0 Å². The van der Waals surface area contributed by atoms with Gasteiger partial charge in [-0.1, -0.05) is 12.8 Å². The number of unbranched alkanes of at least 4 members (excludes halogenated alkanes) is 3. The van der Waals surface area contributed by atoms with Crippen LogP contribution in [-0.4, -0.2) is 84.8 Å². The number of carbonyl (C=O) groups is 2. The zero-order chi connectivity index (χ0) is 18.2. The number of ether oxygens (including phenoxy) is 2. The average Bonchev–Trinajstić information content (AvgIpc) is 2.56. The van der Waals surface area contributed by atoms with Crippen LogP contribution >= 0.6 is 0 Å². The highest BCUT2D eigenvalue weighted by Gasteiger charge is 2.14. The molecule has 142 valence electrons. The van der Waals surface area contributed by atoms with Crippen molar-refractivity contribution in [3.63, 3.8) is 0 Å². The molecule has 0 saturated carbocycles. The largest absolute Gasteiger partial charge is 0.450 e. The maximum absolute atomic E-state index is 11.7. The Kier molecular flexibility index (Phi) is 14.1. The van der Waals surface area contributed by atoms with Crippen molar-refractivity contribution in [3.05, 3.63) is 0 Å². The van der Waals surface area contributed by atoms with Crippen LogP contribution in [0.5, 0.6) is 0 Å². The van der Waals surface area contributed by atoms with Gasteiger partial charge in [0, 0.05) is 26.2 Å². The zero-order valence-corrected chi connectivity index (χ0v) is 14.9. The van der Waals surface area contributed by atoms with Crippen molar-refractivity contribution in [3.8, 4) is 0 Å². The van der Waals surface area contributed by atoms with Gasteiger partial charge in [0.25, 0.3) is 0 Å². The number of hydrogen-bond acceptors (Lipinski definition) is 6. The number of aliphatic hydroxyl groups excluding tert-OH is 2. The first-order valence-corrected chi connectivity index (χ1v) is 8.65. The lowest BCUT2D eigenvalue weighted by Crippen LogP contribution is -2.35. The summed E-state index contributed by atoms with van der Waals surface area (Å²) in [4.78, 5) is 26.3. The van der Waals surface area contributed by atoms with Crippen molar-refractivity contribution < 1.29 is 29.3 Å². The quantitative estimate of drug-likeness (QED) is 0.489. The highest BCUT2D eigenvalue weighted by molar-refractivity contribution is 5.67. The Balaban J connectivity index is 3.96. The first-order valence-electron chi connectivity index (χ1n) is 8.65. The predicted octanol–water partition coefficient (Wildman–Crippen LogP) is 1.45. The smallest absolute Gasteiger partial charge is 0.409 e. The molecule has 0 unspecified atom stereocenters. The minimum absolute atomic E-state index is 0.0888. The van der Waals surface area contributed by atoms with Crippen molar-refractivity contribution in [1.29, 1.82) is 0 Å². The summed E-state index contributed by atoms with van der Waals surface area (Å²) in [5.74, 6) is 0. The molecule has 0 aliphatic heterocycles. The highest BCUT2D eigenvalue weighted by atomic mass is 16.6. The molecule has 0 aromatic rings. The lowest BCUT2D eigenvalue weighted by Gasteiger charge is -2.21. The lowest BCUT2D eigenvalue weighted by molar-refractivity contribution is 0.0955. The summed E-state index contributed by atoms with van der Waals surface area (Å²) in [7, 11) is 0. The molecule has 0 heterocycles. The number of hydrogen-bond donors (Lipinski definition) is 2. The molecule has 2 N–H and O–H groups in total. The van der Waals surface area contributed by atoms with Crippen LogP contribution in [-0.2, 0) is 9.47 Å². The third-order valence-corrected chi connectivity index (χ3v) is 3.40. The summed E-state index contributed by atoms with van der Waals surface area (Å²) < 4.78 is 9.87. The number of nitrogens with zero attached hydrogens (tertiary/aromatic N) is 2. The topological polar surface area (TPSA) is 99.5 Å². The van der Waals surface area contributed by atoms with Gasteiger partial charge in [-0.05, 0) is 26.7 Å². The van der Waals surface area contributed by atoms with Crippen molar-refractivity contribution in [2.24, 2.45) is 0 Å². The van der Waals surface area contributed by atoms with Gasteiger partial charge in [-0.25, -0.2) is 9.59 Å². The zero-order valence-electron chi connectivity index (χ0n) is 14.9. The molecule has 0 rings (SSSR count). The number of aliphatic hydroxyl groups is 2. The van der Waals surface area contributed by atoms with Gasteiger partial charge >= 0.3 is 12.2 Å². The van der Waals surface area contributed by atoms with Crippen LogP contribution in [0.1, 0.15) is 39.5 Å². The van der Waals surface area contributed by atoms with Crippen LogP contribution in [0, 0.1) is 0 Å². The maximum Gasteiger partial charge on any atom is 0.409 e. The first kappa shape index (κ1) is 22.5. The molecule has 8 nitrogen and oxygen atoms in total. The van der Waals surface area contributed by atoms with Crippen molar-refractivity contribution in [2.75, 3.05) is 52.6 Å². The highest BCUT2D eigenvalue weighted by Crippen LogP contribution is 2.06. The monoisotopic (exact) mass is 348 g/mol. The average molecular weight is 348 g/mol. The van der Waals surface area contributed by atoms with Gasteiger partial charge in [0.1, 0.15) is 0 Å². The molecule has 0 aliphatic rings. The molecule has 0 radical (unpaired) electrons. The number of amides is 2. The van der Waals surface area contributed by atoms with E-state index in [1.807, 2.05) is 0 Å². The molecular formula is C16H32N2O6. The summed E-state index contributed by atoms with van der Waals surface area (Å²) in [5, 5.41) is 18.0. The fraction of sp³-hybridized carbons (Fsp3) is 0.875. The Morgan fingerprint density at radius 2 is 1.08 bits per heavy atom. The van der Waals surface area contributed by atoms with Crippen LogP contribution in [0.3, 0.4) is 0 Å². The van der Waals surface area contributed by atoms with E-state index in [0.717, 1.165) is 25.7 Å². The molecule has 2 amide bonds. The second-order valence-corrected chi connectivity index (χ2v) is 5.23. The second-order valence-electron chi connectivity index (χ2n) is 5.23. The minimum atomic E-state index is -0.400. The van der Waals surface area contributed by atoms with Gasteiger partial charge < -0.3 is 29.5 Å². The Morgan fingerprint density at radius 1 is 0.708 bits per heavy atom. The van der Waals surface area contributed by atoms with Crippen LogP contribution in [0.2, 0.25) is 0 Å². The van der Waals surface area contributed by atoms with Crippen LogP contribution in [0.15, 0.2) is 0 Å². The van der Waals surface area contributed by atoms with E-state index in [1.54, 1.807) is 13.8 Å². The van der Waals surface area contributed by atoms with Gasteiger partial charge in [-0.3, -0.25) is 0 Å². The second kappa shape index (κ2) is 15.0. The molecule has 0 aromatic heterocycles. The van der Waals surface area contributed by atoms with Crippen molar-refractivity contribution in [2.45, 2.75) is 39.5 Å². The fourth-order valence-corrected chi connectivity index (χ4v) is 2.22. The molecule has 0 atom stereocenters. The van der Waals surface area contributed by atoms with E-state index in [1.165, 1.54) is 9.80 Å². The summed E-state index contributed by atoms with van der Waals surface area (Å²) in [6.45, 7) is 5.56. The molecule has 0 saturated heterocycles. The van der Waals surface area contributed by atoms with E-state index in [2.05, 4.69) is 0 Å². The molecule has 24 heavy (non-hydrogen) atoms. The van der Waals surface area contributed by atoms with Gasteiger partial charge in [0.05, 0.1) is 26.4 Å². The minimum Gasteiger partial charge on any atom is -0.450 e. The van der Waals surface area contributed by atoms with E-state index in [-0.39, 0.29) is 26.3 Å². The Labute approximate surface area is 144 Å². The summed E-state index contributed by atoms with van der Waals surface area (Å²) in [6.07, 6.45) is 2.61. The predicted molar refractivity (Wildman–Crippen MR) is 89.8 cm³/mol. The van der Waals surface area contributed by atoms with Crippen LogP contribution in [0.4, 0.5) is 9.59 Å². The number of rotatable bonds is 13. The third-order valence-electron chi connectivity index (χ3n) is 3.40.